The minimum Gasteiger partial charge on any atom is -0.649 e. The Hall–Kier alpha value is -1.01. The number of halogens is 1. The maximum atomic E-state index is 13.6. The number of aliphatic hydroxyl groups excluding tert-OH is 1. The molecule has 210 valence electrons. The van der Waals surface area contributed by atoms with Gasteiger partial charge in [-0.3, -0.25) is 14.2 Å². The molecule has 2 N–H and O–H groups in total. The summed E-state index contributed by atoms with van der Waals surface area (Å²) in [5, 5.41) is 10.4. The number of amides is 1. The second-order valence-electron chi connectivity index (χ2n) is 8.93. The standard InChI is InChI=1S/C25H28ClN4O7S2.K/c1-16(37-17(2)31)29-20(24(32)30(25(29)38)22-7-3-4-12-27-22)10-8-18-19(26)9-11-21-23(18)28(15-36-21)13-5-6-14-39(33,34)35;/h3-4,7-12,15-17,23,31H,5-6,13-14H2,1-2H3,(H,33,34,35);/q-1;+1. The number of aromatic nitrogens is 1. The van der Waals surface area contributed by atoms with Crippen molar-refractivity contribution >= 4 is 50.8 Å². The Labute approximate surface area is 286 Å². The van der Waals surface area contributed by atoms with Crippen molar-refractivity contribution < 1.29 is 83.7 Å². The summed E-state index contributed by atoms with van der Waals surface area (Å²) < 4.78 is 42.3. The fraction of sp³-hybridized carbons (Fsp3) is 0.360. The molecule has 3 unspecified atom stereocenters. The molecule has 0 radical (unpaired) electrons. The third-order valence-corrected chi connectivity index (χ3v) is 7.62. The first-order valence-corrected chi connectivity index (χ1v) is 14.5. The van der Waals surface area contributed by atoms with Gasteiger partial charge in [0, 0.05) is 11.2 Å². The molecule has 2 fully saturated rings. The Balaban J connectivity index is 0.00000441. The number of hydrogen-bond donors (Lipinski definition) is 2. The van der Waals surface area contributed by atoms with Crippen molar-refractivity contribution in [2.75, 3.05) is 17.2 Å². The maximum absolute atomic E-state index is 13.6. The van der Waals surface area contributed by atoms with E-state index in [-0.39, 0.29) is 74.4 Å². The Morgan fingerprint density at radius 2 is 2.02 bits per heavy atom. The van der Waals surface area contributed by atoms with Gasteiger partial charge in [-0.05, 0) is 81.4 Å². The Bertz CT molecular complexity index is 1350. The number of fused-ring (bicyclic) bond motifs is 1. The first-order chi connectivity index (χ1) is 18.5. The number of aliphatic hydroxyl groups is 1. The summed E-state index contributed by atoms with van der Waals surface area (Å²) in [6.45, 7) is 5.10. The van der Waals surface area contributed by atoms with E-state index in [1.165, 1.54) is 23.5 Å². The molecule has 1 aromatic rings. The zero-order valence-electron chi connectivity index (χ0n) is 22.2. The van der Waals surface area contributed by atoms with E-state index in [9.17, 15) is 18.3 Å². The third-order valence-electron chi connectivity index (χ3n) is 6.09. The number of anilines is 1. The molecule has 1 amide bonds. The van der Waals surface area contributed by atoms with Crippen molar-refractivity contribution in [3.05, 3.63) is 77.5 Å². The van der Waals surface area contributed by atoms with Crippen LogP contribution in [0.5, 0.6) is 0 Å². The summed E-state index contributed by atoms with van der Waals surface area (Å²) in [5.74, 6) is 0.194. The second kappa shape index (κ2) is 14.4. The van der Waals surface area contributed by atoms with Crippen LogP contribution < -0.4 is 56.3 Å². The summed E-state index contributed by atoms with van der Waals surface area (Å²) >= 11 is 12.2. The third kappa shape index (κ3) is 7.88. The van der Waals surface area contributed by atoms with Gasteiger partial charge in [0.2, 0.25) is 0 Å². The molecule has 1 aliphatic carbocycles. The zero-order valence-corrected chi connectivity index (χ0v) is 27.7. The molecule has 0 bridgehead atoms. The molecule has 0 spiro atoms. The summed E-state index contributed by atoms with van der Waals surface area (Å²) in [6, 6.07) is 4.72. The average Bonchev–Trinajstić information content (AvgIpc) is 3.38. The van der Waals surface area contributed by atoms with Crippen molar-refractivity contribution in [3.8, 4) is 0 Å². The summed E-state index contributed by atoms with van der Waals surface area (Å²) in [6.07, 6.45) is 7.13. The Morgan fingerprint density at radius 1 is 1.27 bits per heavy atom. The first-order valence-electron chi connectivity index (χ1n) is 12.1. The molecule has 11 nitrogen and oxygen atoms in total. The van der Waals surface area contributed by atoms with Crippen molar-refractivity contribution in [2.45, 2.75) is 45.2 Å². The SMILES string of the molecule is CC(O)OC(C)N1C(=S)N(c2ccccn2)C(=O)C1=CC=C1C(Cl)=CC=C2O[CH-]N(CCCCS(=O)(=O)O)C21.[K+]. The molecule has 40 heavy (non-hydrogen) atoms. The maximum Gasteiger partial charge on any atom is 1.00 e. The number of hydrogen-bond acceptors (Lipinski definition) is 9. The van der Waals surface area contributed by atoms with Gasteiger partial charge >= 0.3 is 51.4 Å². The van der Waals surface area contributed by atoms with Crippen molar-refractivity contribution in [1.29, 1.82) is 0 Å². The van der Waals surface area contributed by atoms with Gasteiger partial charge in [0.1, 0.15) is 17.7 Å². The first kappa shape index (κ1) is 33.5. The van der Waals surface area contributed by atoms with Gasteiger partial charge in [0.15, 0.2) is 11.4 Å². The molecule has 15 heteroatoms. The predicted octanol–water partition coefficient (Wildman–Crippen LogP) is 0.0386. The van der Waals surface area contributed by atoms with E-state index in [4.69, 9.17) is 37.8 Å². The summed E-state index contributed by atoms with van der Waals surface area (Å²) in [4.78, 5) is 22.5. The Kier molecular flexibility index (Phi) is 12.1. The van der Waals surface area contributed by atoms with Crippen LogP contribution in [0.3, 0.4) is 0 Å². The second-order valence-corrected chi connectivity index (χ2v) is 11.3. The molecule has 0 saturated carbocycles. The number of thiocarbonyl (C=S) groups is 1. The number of nitrogens with zero attached hydrogens (tertiary/aromatic N) is 4. The summed E-state index contributed by atoms with van der Waals surface area (Å²) in [5.41, 5.74) is 0.832. The molecule has 2 aliphatic heterocycles. The number of carbonyl (C=O) groups excluding carboxylic acids is 1. The molecule has 3 atom stereocenters. The quantitative estimate of drug-likeness (QED) is 0.0688. The summed E-state index contributed by atoms with van der Waals surface area (Å²) in [7, 11) is -4.04. The van der Waals surface area contributed by atoms with Gasteiger partial charge in [-0.25, -0.2) is 9.88 Å². The largest absolute Gasteiger partial charge is 1.00 e. The molecule has 3 heterocycles. The fourth-order valence-electron chi connectivity index (χ4n) is 4.41. The minimum absolute atomic E-state index is 0. The molecule has 4 rings (SSSR count). The van der Waals surface area contributed by atoms with E-state index in [0.717, 1.165) is 0 Å². The molecular weight excluding hydrogens is 607 g/mol. The van der Waals surface area contributed by atoms with E-state index in [1.807, 2.05) is 4.90 Å². The van der Waals surface area contributed by atoms with Gasteiger partial charge in [0.25, 0.3) is 16.0 Å². The van der Waals surface area contributed by atoms with Crippen LogP contribution in [0.25, 0.3) is 0 Å². The minimum atomic E-state index is -4.04. The van der Waals surface area contributed by atoms with Crippen LogP contribution in [0, 0.1) is 6.73 Å². The predicted molar refractivity (Wildman–Crippen MR) is 148 cm³/mol. The normalized spacial score (nSPS) is 23.1. The van der Waals surface area contributed by atoms with Gasteiger partial charge in [-0.1, -0.05) is 30.5 Å². The molecule has 3 aliphatic rings. The van der Waals surface area contributed by atoms with E-state index < -0.39 is 34.6 Å². The number of allylic oxidation sites excluding steroid dienone is 4. The van der Waals surface area contributed by atoms with E-state index >= 15 is 0 Å². The van der Waals surface area contributed by atoms with Crippen LogP contribution in [0.4, 0.5) is 5.82 Å². The number of pyridine rings is 1. The molecule has 1 aromatic heterocycles. The van der Waals surface area contributed by atoms with Gasteiger partial charge in [-0.15, -0.1) is 0 Å². The number of unbranched alkanes of at least 4 members (excludes halogenated alkanes) is 1. The molecule has 0 aromatic carbocycles. The topological polar surface area (TPSA) is 133 Å². The monoisotopic (exact) mass is 634 g/mol. The smallest absolute Gasteiger partial charge is 0.649 e. The van der Waals surface area contributed by atoms with Crippen molar-refractivity contribution in [2.24, 2.45) is 0 Å². The van der Waals surface area contributed by atoms with Gasteiger partial charge in [0.05, 0.1) is 17.6 Å². The van der Waals surface area contributed by atoms with Crippen LogP contribution >= 0.6 is 23.8 Å². The van der Waals surface area contributed by atoms with Crippen LogP contribution in [0.15, 0.2) is 70.8 Å². The molecule has 2 saturated heterocycles. The van der Waals surface area contributed by atoms with Crippen molar-refractivity contribution in [1.82, 2.24) is 14.8 Å². The number of ether oxygens (including phenoxy) is 2. The van der Waals surface area contributed by atoms with E-state index in [2.05, 4.69) is 4.98 Å². The van der Waals surface area contributed by atoms with Gasteiger partial charge < -0.3 is 19.5 Å². The van der Waals surface area contributed by atoms with Crippen LogP contribution in [-0.2, 0) is 24.4 Å². The Morgan fingerprint density at radius 3 is 2.67 bits per heavy atom. The average molecular weight is 635 g/mol. The molecular formula is C25H28ClKN4O7S2. The van der Waals surface area contributed by atoms with E-state index in [0.29, 0.717) is 35.1 Å². The van der Waals surface area contributed by atoms with Crippen molar-refractivity contribution in [3.63, 3.8) is 0 Å². The number of carbonyl (C=O) groups is 1. The fourth-order valence-corrected chi connectivity index (χ4v) is 5.64. The van der Waals surface area contributed by atoms with Crippen LogP contribution in [-0.4, -0.2) is 74.7 Å². The zero-order chi connectivity index (χ0) is 28.3. The number of rotatable bonds is 10. The van der Waals surface area contributed by atoms with Gasteiger partial charge in [-0.2, -0.15) is 8.42 Å². The van der Waals surface area contributed by atoms with E-state index in [1.54, 1.807) is 55.6 Å². The van der Waals surface area contributed by atoms with Crippen LogP contribution in [0.1, 0.15) is 26.7 Å². The van der Waals surface area contributed by atoms with Crippen LogP contribution in [0.2, 0.25) is 0 Å².